The molecule has 2 heteroatoms. The number of likely N-dealkylation sites (tertiary alicyclic amines) is 1. The maximum Gasteiger partial charge on any atom is 0.115 e. The Hall–Kier alpha value is -1.02. The smallest absolute Gasteiger partial charge is 0.115 e. The van der Waals surface area contributed by atoms with Crippen molar-refractivity contribution in [2.75, 3.05) is 13.1 Å². The zero-order valence-corrected chi connectivity index (χ0v) is 12.7. The Bertz CT molecular complexity index is 536. The molecule has 0 aromatic heterocycles. The van der Waals surface area contributed by atoms with Gasteiger partial charge in [-0.25, -0.2) is 0 Å². The molecule has 0 radical (unpaired) electrons. The van der Waals surface area contributed by atoms with Crippen molar-refractivity contribution < 1.29 is 10.0 Å². The first kappa shape index (κ1) is 12.7. The fourth-order valence-electron chi connectivity index (χ4n) is 4.79. The monoisotopic (exact) mass is 272 g/mol. The van der Waals surface area contributed by atoms with E-state index >= 15 is 0 Å². The summed E-state index contributed by atoms with van der Waals surface area (Å²) >= 11 is 0. The van der Waals surface area contributed by atoms with Crippen LogP contribution in [0.3, 0.4) is 0 Å². The molecule has 108 valence electrons. The van der Waals surface area contributed by atoms with E-state index in [0.717, 1.165) is 17.9 Å². The lowest BCUT2D eigenvalue weighted by Crippen LogP contribution is -3.19. The van der Waals surface area contributed by atoms with E-state index in [-0.39, 0.29) is 5.41 Å². The Labute approximate surface area is 121 Å². The number of quaternary nitrogens is 1. The van der Waals surface area contributed by atoms with E-state index in [4.69, 9.17) is 0 Å². The van der Waals surface area contributed by atoms with Gasteiger partial charge in [-0.3, -0.25) is 0 Å². The molecule has 4 atom stereocenters. The maximum absolute atomic E-state index is 9.86. The van der Waals surface area contributed by atoms with Gasteiger partial charge in [0.05, 0.1) is 19.1 Å². The average Bonchev–Trinajstić information content (AvgIpc) is 3.22. The Morgan fingerprint density at radius 1 is 1.35 bits per heavy atom. The van der Waals surface area contributed by atoms with E-state index in [1.165, 1.54) is 49.9 Å². The summed E-state index contributed by atoms with van der Waals surface area (Å²) in [7, 11) is 0. The van der Waals surface area contributed by atoms with Gasteiger partial charge in [0.1, 0.15) is 5.75 Å². The summed E-state index contributed by atoms with van der Waals surface area (Å²) in [5.41, 5.74) is 3.18. The number of aromatic hydroxyl groups is 1. The Morgan fingerprint density at radius 3 is 2.90 bits per heavy atom. The number of hydrogen-bond acceptors (Lipinski definition) is 1. The van der Waals surface area contributed by atoms with Crippen LogP contribution in [0.2, 0.25) is 0 Å². The Morgan fingerprint density at radius 2 is 2.15 bits per heavy atom. The molecule has 1 aliphatic heterocycles. The summed E-state index contributed by atoms with van der Waals surface area (Å²) in [6, 6.07) is 6.86. The van der Waals surface area contributed by atoms with Crippen LogP contribution in [-0.2, 0) is 11.8 Å². The minimum absolute atomic E-state index is 0.268. The lowest BCUT2D eigenvalue weighted by molar-refractivity contribution is -0.938. The van der Waals surface area contributed by atoms with Crippen LogP contribution in [0.1, 0.15) is 44.2 Å². The predicted molar refractivity (Wildman–Crippen MR) is 80.2 cm³/mol. The van der Waals surface area contributed by atoms with Crippen molar-refractivity contribution in [2.24, 2.45) is 11.8 Å². The molecule has 1 heterocycles. The van der Waals surface area contributed by atoms with Gasteiger partial charge in [0.2, 0.25) is 0 Å². The first-order valence-electron chi connectivity index (χ1n) is 8.25. The first-order valence-corrected chi connectivity index (χ1v) is 8.25. The Balaban J connectivity index is 1.71. The number of nitrogens with one attached hydrogen (secondary N) is 1. The molecule has 2 nitrogen and oxygen atoms in total. The third-order valence-electron chi connectivity index (χ3n) is 6.49. The highest BCUT2D eigenvalue weighted by molar-refractivity contribution is 5.43. The van der Waals surface area contributed by atoms with Crippen LogP contribution >= 0.6 is 0 Å². The second kappa shape index (κ2) is 4.24. The molecule has 0 amide bonds. The molecular formula is C18H26NO+. The second-order valence-electron chi connectivity index (χ2n) is 7.66. The maximum atomic E-state index is 9.86. The molecule has 3 unspecified atom stereocenters. The highest BCUT2D eigenvalue weighted by Gasteiger charge is 2.51. The molecule has 0 spiro atoms. The van der Waals surface area contributed by atoms with Crippen LogP contribution in [0.5, 0.6) is 5.75 Å². The third kappa shape index (κ3) is 1.81. The Kier molecular flexibility index (Phi) is 2.69. The number of phenolic OH excluding ortho intramolecular Hbond substituents is 1. The van der Waals surface area contributed by atoms with Crippen molar-refractivity contribution in [3.05, 3.63) is 29.3 Å². The van der Waals surface area contributed by atoms with Crippen molar-refractivity contribution >= 4 is 0 Å². The molecule has 20 heavy (non-hydrogen) atoms. The molecule has 4 rings (SSSR count). The predicted octanol–water partition coefficient (Wildman–Crippen LogP) is 1.91. The van der Waals surface area contributed by atoms with Crippen molar-refractivity contribution in [1.29, 1.82) is 0 Å². The second-order valence-corrected chi connectivity index (χ2v) is 7.66. The van der Waals surface area contributed by atoms with Crippen LogP contribution in [0.25, 0.3) is 0 Å². The normalized spacial score (nSPS) is 39.4. The van der Waals surface area contributed by atoms with Gasteiger partial charge in [-0.15, -0.1) is 0 Å². The summed E-state index contributed by atoms with van der Waals surface area (Å²) < 4.78 is 0. The fourth-order valence-corrected chi connectivity index (χ4v) is 4.79. The van der Waals surface area contributed by atoms with Gasteiger partial charge in [0.25, 0.3) is 0 Å². The topological polar surface area (TPSA) is 24.7 Å². The molecule has 2 N–H and O–H groups in total. The summed E-state index contributed by atoms with van der Waals surface area (Å²) in [6.07, 6.45) is 5.40. The number of benzene rings is 1. The zero-order valence-electron chi connectivity index (χ0n) is 12.7. The van der Waals surface area contributed by atoms with E-state index < -0.39 is 0 Å². The van der Waals surface area contributed by atoms with Crippen molar-refractivity contribution in [1.82, 2.24) is 0 Å². The number of piperidine rings is 1. The molecule has 2 fully saturated rings. The standard InChI is InChI=1S/C18H25NO/c1-12-17-9-14-5-6-15(20)10-16(14)18(12,2)7-8-19(17)11-13-3-4-13/h5-6,10,12-13,17,20H,3-4,7-9,11H2,1-2H3/p+1/t12?,17?,18-/m0/s1. The number of hydrogen-bond donors (Lipinski definition) is 2. The zero-order chi connectivity index (χ0) is 13.9. The third-order valence-corrected chi connectivity index (χ3v) is 6.49. The fraction of sp³-hybridized carbons (Fsp3) is 0.667. The summed E-state index contributed by atoms with van der Waals surface area (Å²) in [6.45, 7) is 7.59. The van der Waals surface area contributed by atoms with Gasteiger partial charge >= 0.3 is 0 Å². The molecule has 3 aliphatic rings. The van der Waals surface area contributed by atoms with E-state index in [9.17, 15) is 5.11 Å². The minimum atomic E-state index is 0.268. The average molecular weight is 272 g/mol. The lowest BCUT2D eigenvalue weighted by Gasteiger charge is -2.52. The highest BCUT2D eigenvalue weighted by Crippen LogP contribution is 2.45. The number of rotatable bonds is 2. The highest BCUT2D eigenvalue weighted by atomic mass is 16.3. The van der Waals surface area contributed by atoms with Gasteiger partial charge in [-0.1, -0.05) is 19.9 Å². The van der Waals surface area contributed by atoms with E-state index in [1.807, 2.05) is 17.0 Å². The lowest BCUT2D eigenvalue weighted by atomic mass is 9.59. The van der Waals surface area contributed by atoms with Crippen molar-refractivity contribution in [3.63, 3.8) is 0 Å². The quantitative estimate of drug-likeness (QED) is 0.844. The molecule has 1 aromatic carbocycles. The molecule has 1 aromatic rings. The van der Waals surface area contributed by atoms with Crippen LogP contribution in [0.15, 0.2) is 18.2 Å². The number of fused-ring (bicyclic) bond motifs is 4. The van der Waals surface area contributed by atoms with E-state index in [1.54, 1.807) is 0 Å². The van der Waals surface area contributed by atoms with E-state index in [2.05, 4.69) is 19.9 Å². The molecule has 1 saturated heterocycles. The van der Waals surface area contributed by atoms with Crippen LogP contribution in [0, 0.1) is 11.8 Å². The van der Waals surface area contributed by atoms with Crippen LogP contribution < -0.4 is 4.90 Å². The van der Waals surface area contributed by atoms with Gasteiger partial charge < -0.3 is 10.0 Å². The summed E-state index contributed by atoms with van der Waals surface area (Å²) in [4.78, 5) is 1.86. The van der Waals surface area contributed by atoms with Gasteiger partial charge in [-0.05, 0) is 36.1 Å². The van der Waals surface area contributed by atoms with E-state index in [0.29, 0.717) is 5.75 Å². The summed E-state index contributed by atoms with van der Waals surface area (Å²) in [5, 5.41) is 9.86. The SMILES string of the molecule is CC1C2Cc3ccc(O)cc3[C@@]1(C)CC[NH+]2CC1CC1. The van der Waals surface area contributed by atoms with Gasteiger partial charge in [0.15, 0.2) is 0 Å². The largest absolute Gasteiger partial charge is 0.508 e. The first-order chi connectivity index (χ1) is 9.58. The summed E-state index contributed by atoms with van der Waals surface area (Å²) in [5.74, 6) is 2.17. The molecular weight excluding hydrogens is 246 g/mol. The minimum Gasteiger partial charge on any atom is -0.508 e. The van der Waals surface area contributed by atoms with Crippen LogP contribution in [-0.4, -0.2) is 24.2 Å². The number of phenols is 1. The van der Waals surface area contributed by atoms with Gasteiger partial charge in [0, 0.05) is 30.1 Å². The van der Waals surface area contributed by atoms with Crippen molar-refractivity contribution in [2.45, 2.75) is 51.0 Å². The molecule has 2 bridgehead atoms. The molecule has 2 aliphatic carbocycles. The van der Waals surface area contributed by atoms with Crippen LogP contribution in [0.4, 0.5) is 0 Å². The van der Waals surface area contributed by atoms with Gasteiger partial charge in [-0.2, -0.15) is 0 Å². The molecule has 1 saturated carbocycles. The van der Waals surface area contributed by atoms with Crippen molar-refractivity contribution in [3.8, 4) is 5.75 Å².